The average molecular weight is 452 g/mol. The van der Waals surface area contributed by atoms with E-state index in [1.54, 1.807) is 25.3 Å². The Kier molecular flexibility index (Phi) is 7.95. The van der Waals surface area contributed by atoms with E-state index >= 15 is 0 Å². The normalized spacial score (nSPS) is 10.7. The van der Waals surface area contributed by atoms with Gasteiger partial charge < -0.3 is 14.8 Å². The number of hydrogen-bond donors (Lipinski definition) is 4. The molecule has 2 aromatic carbocycles. The fourth-order valence-electron chi connectivity index (χ4n) is 2.73. The molecule has 0 unspecified atom stereocenters. The molecule has 0 saturated carbocycles. The third-order valence-electron chi connectivity index (χ3n) is 4.46. The standard InChI is InChI=1S/C22H24N6O5/c1-14-3-5-15(6-4-14)13-33-18-11-16(7-8-17(18)32-2)12-24-26-19(29)9-10-23-20-21(30)25-22(31)28-27-20/h3-8,11-12H,9-10,13H2,1-2H3,(H,23,27)(H,26,29)(H2,25,28,30,31)/b24-12+. The number of hydrazone groups is 1. The molecule has 1 heterocycles. The van der Waals surface area contributed by atoms with E-state index in [0.717, 1.165) is 5.56 Å². The van der Waals surface area contributed by atoms with Gasteiger partial charge in [-0.25, -0.2) is 15.3 Å². The zero-order valence-electron chi connectivity index (χ0n) is 18.2. The largest absolute Gasteiger partial charge is 0.493 e. The van der Waals surface area contributed by atoms with Crippen molar-refractivity contribution in [3.63, 3.8) is 0 Å². The van der Waals surface area contributed by atoms with Gasteiger partial charge in [0, 0.05) is 13.0 Å². The van der Waals surface area contributed by atoms with Crippen LogP contribution in [0.2, 0.25) is 0 Å². The Hall–Kier alpha value is -4.41. The van der Waals surface area contributed by atoms with Crippen LogP contribution in [0, 0.1) is 6.92 Å². The van der Waals surface area contributed by atoms with Gasteiger partial charge in [-0.3, -0.25) is 14.6 Å². The third kappa shape index (κ3) is 7.06. The second kappa shape index (κ2) is 11.3. The maximum Gasteiger partial charge on any atom is 0.342 e. The summed E-state index contributed by atoms with van der Waals surface area (Å²) in [6, 6.07) is 13.3. The number of anilines is 1. The Bertz CT molecular complexity index is 1230. The van der Waals surface area contributed by atoms with E-state index in [4.69, 9.17) is 9.47 Å². The number of aromatic amines is 2. The van der Waals surface area contributed by atoms with Crippen LogP contribution in [-0.2, 0) is 11.4 Å². The zero-order chi connectivity index (χ0) is 23.6. The Labute approximate surface area is 188 Å². The minimum Gasteiger partial charge on any atom is -0.493 e. The van der Waals surface area contributed by atoms with Crippen molar-refractivity contribution in [2.45, 2.75) is 20.0 Å². The first-order valence-electron chi connectivity index (χ1n) is 10.1. The topological polar surface area (TPSA) is 151 Å². The Morgan fingerprint density at radius 3 is 2.67 bits per heavy atom. The summed E-state index contributed by atoms with van der Waals surface area (Å²) < 4.78 is 11.2. The van der Waals surface area contributed by atoms with Crippen molar-refractivity contribution < 1.29 is 14.3 Å². The number of carbonyl (C=O) groups is 1. The molecule has 0 aliphatic rings. The van der Waals surface area contributed by atoms with Crippen LogP contribution in [0.1, 0.15) is 23.1 Å². The highest BCUT2D eigenvalue weighted by Gasteiger charge is 2.07. The molecule has 0 saturated heterocycles. The third-order valence-corrected chi connectivity index (χ3v) is 4.46. The highest BCUT2D eigenvalue weighted by atomic mass is 16.5. The molecule has 11 nitrogen and oxygen atoms in total. The van der Waals surface area contributed by atoms with Crippen molar-refractivity contribution in [3.05, 3.63) is 80.0 Å². The molecule has 172 valence electrons. The van der Waals surface area contributed by atoms with E-state index in [2.05, 4.69) is 26.0 Å². The number of nitrogens with one attached hydrogen (secondary N) is 4. The van der Waals surface area contributed by atoms with Crippen LogP contribution in [-0.4, -0.2) is 41.0 Å². The van der Waals surface area contributed by atoms with Gasteiger partial charge in [0.2, 0.25) is 11.7 Å². The highest BCUT2D eigenvalue weighted by Crippen LogP contribution is 2.28. The van der Waals surface area contributed by atoms with Gasteiger partial charge >= 0.3 is 5.69 Å². The highest BCUT2D eigenvalue weighted by molar-refractivity contribution is 5.83. The van der Waals surface area contributed by atoms with E-state index in [1.165, 1.54) is 11.8 Å². The van der Waals surface area contributed by atoms with Gasteiger partial charge in [0.25, 0.3) is 5.56 Å². The summed E-state index contributed by atoms with van der Waals surface area (Å²) in [6.45, 7) is 2.54. The maximum atomic E-state index is 11.9. The van der Waals surface area contributed by atoms with Crippen molar-refractivity contribution in [2.24, 2.45) is 5.10 Å². The van der Waals surface area contributed by atoms with E-state index in [1.807, 2.05) is 36.2 Å². The molecule has 11 heteroatoms. The average Bonchev–Trinajstić information content (AvgIpc) is 2.80. The van der Waals surface area contributed by atoms with Gasteiger partial charge in [-0.2, -0.15) is 5.10 Å². The minimum absolute atomic E-state index is 0.0328. The predicted molar refractivity (Wildman–Crippen MR) is 123 cm³/mol. The number of amides is 1. The van der Waals surface area contributed by atoms with Gasteiger partial charge in [0.1, 0.15) is 6.61 Å². The molecule has 0 aliphatic heterocycles. The summed E-state index contributed by atoms with van der Waals surface area (Å²) in [7, 11) is 1.56. The second-order valence-electron chi connectivity index (χ2n) is 7.01. The van der Waals surface area contributed by atoms with E-state index < -0.39 is 11.2 Å². The van der Waals surface area contributed by atoms with Crippen LogP contribution in [0.5, 0.6) is 11.5 Å². The van der Waals surface area contributed by atoms with Crippen LogP contribution in [0.4, 0.5) is 5.82 Å². The molecule has 1 amide bonds. The zero-order valence-corrected chi connectivity index (χ0v) is 18.2. The van der Waals surface area contributed by atoms with Crippen LogP contribution in [0.3, 0.4) is 0 Å². The number of aryl methyl sites for hydroxylation is 1. The molecule has 0 radical (unpaired) electrons. The summed E-state index contributed by atoms with van der Waals surface area (Å²) in [5, 5.41) is 12.3. The van der Waals surface area contributed by atoms with Crippen molar-refractivity contribution in [2.75, 3.05) is 19.0 Å². The SMILES string of the molecule is COc1ccc(/C=N/NC(=O)CCNc2n[nH]c(=O)[nH]c2=O)cc1OCc1ccc(C)cc1. The Balaban J connectivity index is 1.51. The van der Waals surface area contributed by atoms with Gasteiger partial charge in [0.15, 0.2) is 11.5 Å². The summed E-state index contributed by atoms with van der Waals surface area (Å²) in [5.41, 5.74) is 3.94. The number of H-pyrrole nitrogens is 2. The van der Waals surface area contributed by atoms with Crippen molar-refractivity contribution >= 4 is 17.9 Å². The van der Waals surface area contributed by atoms with Crippen molar-refractivity contribution in [1.82, 2.24) is 20.6 Å². The molecule has 3 rings (SSSR count). The minimum atomic E-state index is -0.708. The number of carbonyl (C=O) groups excluding carboxylic acids is 1. The van der Waals surface area contributed by atoms with Crippen molar-refractivity contribution in [3.8, 4) is 11.5 Å². The smallest absolute Gasteiger partial charge is 0.342 e. The lowest BCUT2D eigenvalue weighted by molar-refractivity contribution is -0.120. The van der Waals surface area contributed by atoms with Crippen LogP contribution in [0.15, 0.2) is 57.2 Å². The number of nitrogens with zero attached hydrogens (tertiary/aromatic N) is 2. The van der Waals surface area contributed by atoms with Crippen LogP contribution in [0.25, 0.3) is 0 Å². The van der Waals surface area contributed by atoms with Gasteiger partial charge in [0.05, 0.1) is 13.3 Å². The molecule has 3 aromatic rings. The summed E-state index contributed by atoms with van der Waals surface area (Å²) in [6.07, 6.45) is 1.52. The number of aromatic nitrogens is 3. The van der Waals surface area contributed by atoms with E-state index in [0.29, 0.717) is 23.7 Å². The molecule has 0 atom stereocenters. The molecule has 4 N–H and O–H groups in total. The van der Waals surface area contributed by atoms with Gasteiger partial charge in [-0.05, 0) is 36.2 Å². The number of rotatable bonds is 10. The van der Waals surface area contributed by atoms with Gasteiger partial charge in [-0.1, -0.05) is 29.8 Å². The van der Waals surface area contributed by atoms with Crippen LogP contribution < -0.4 is 31.5 Å². The number of hydrogen-bond acceptors (Lipinski definition) is 8. The first kappa shape index (κ1) is 23.3. The quantitative estimate of drug-likeness (QED) is 0.267. The fourth-order valence-corrected chi connectivity index (χ4v) is 2.73. The molecular formula is C22H24N6O5. The summed E-state index contributed by atoms with van der Waals surface area (Å²) in [5.74, 6) is 0.683. The lowest BCUT2D eigenvalue weighted by atomic mass is 10.1. The lowest BCUT2D eigenvalue weighted by Gasteiger charge is -2.11. The molecule has 0 aliphatic carbocycles. The molecule has 1 aromatic heterocycles. The van der Waals surface area contributed by atoms with Crippen LogP contribution >= 0.6 is 0 Å². The van der Waals surface area contributed by atoms with E-state index in [9.17, 15) is 14.4 Å². The Morgan fingerprint density at radius 1 is 1.15 bits per heavy atom. The predicted octanol–water partition coefficient (Wildman–Crippen LogP) is 1.31. The van der Waals surface area contributed by atoms with Gasteiger partial charge in [-0.15, -0.1) is 5.10 Å². The van der Waals surface area contributed by atoms with Crippen molar-refractivity contribution in [1.29, 1.82) is 0 Å². The summed E-state index contributed by atoms with van der Waals surface area (Å²) >= 11 is 0. The second-order valence-corrected chi connectivity index (χ2v) is 7.01. The first-order valence-corrected chi connectivity index (χ1v) is 10.1. The number of methoxy groups -OCH3 is 1. The summed E-state index contributed by atoms with van der Waals surface area (Å²) in [4.78, 5) is 36.4. The molecular weight excluding hydrogens is 428 g/mol. The lowest BCUT2D eigenvalue weighted by Crippen LogP contribution is -2.28. The number of ether oxygens (including phenoxy) is 2. The molecule has 0 fully saturated rings. The Morgan fingerprint density at radius 2 is 1.94 bits per heavy atom. The monoisotopic (exact) mass is 452 g/mol. The first-order chi connectivity index (χ1) is 15.9. The van der Waals surface area contributed by atoms with E-state index in [-0.39, 0.29) is 24.7 Å². The molecule has 0 spiro atoms. The maximum absolute atomic E-state index is 11.9. The molecule has 0 bridgehead atoms. The number of benzene rings is 2. The molecule has 33 heavy (non-hydrogen) atoms. The fraction of sp³-hybridized carbons (Fsp3) is 0.227.